The van der Waals surface area contributed by atoms with E-state index in [0.717, 1.165) is 31.5 Å². The molecule has 1 N–H and O–H groups in total. The van der Waals surface area contributed by atoms with Crippen molar-refractivity contribution in [3.63, 3.8) is 0 Å². The third kappa shape index (κ3) is 3.50. The number of nitrogens with one attached hydrogen (secondary N) is 1. The third-order valence-corrected chi connectivity index (χ3v) is 3.94. The molecule has 2 nitrogen and oxygen atoms in total. The van der Waals surface area contributed by atoms with Gasteiger partial charge in [0, 0.05) is 18.2 Å². The van der Waals surface area contributed by atoms with Crippen LogP contribution in [0.3, 0.4) is 0 Å². The molecule has 0 unspecified atom stereocenters. The van der Waals surface area contributed by atoms with Gasteiger partial charge in [-0.1, -0.05) is 12.1 Å². The van der Waals surface area contributed by atoms with Gasteiger partial charge in [-0.05, 0) is 55.0 Å². The lowest BCUT2D eigenvalue weighted by Gasteiger charge is -2.29. The molecule has 0 saturated carbocycles. The Bertz CT molecular complexity index is 376. The molecule has 1 fully saturated rings. The van der Waals surface area contributed by atoms with Gasteiger partial charge in [0.2, 0.25) is 0 Å². The van der Waals surface area contributed by atoms with E-state index in [4.69, 9.17) is 0 Å². The van der Waals surface area contributed by atoms with Gasteiger partial charge < -0.3 is 10.2 Å². The fourth-order valence-electron chi connectivity index (χ4n) is 2.15. The number of benzene rings is 1. The minimum Gasteiger partial charge on any atom is -0.310 e. The van der Waals surface area contributed by atoms with Gasteiger partial charge in [0.25, 0.3) is 0 Å². The molecule has 1 aliphatic heterocycles. The summed E-state index contributed by atoms with van der Waals surface area (Å²) in [5.74, 6) is -0.145. The molecule has 17 heavy (non-hydrogen) atoms. The molecule has 1 saturated heterocycles. The van der Waals surface area contributed by atoms with E-state index in [1.807, 2.05) is 12.1 Å². The van der Waals surface area contributed by atoms with Gasteiger partial charge in [-0.2, -0.15) is 0 Å². The Balaban J connectivity index is 1.87. The molecule has 0 atom stereocenters. The van der Waals surface area contributed by atoms with E-state index in [0.29, 0.717) is 17.1 Å². The molecule has 0 bridgehead atoms. The topological polar surface area (TPSA) is 15.3 Å². The minimum atomic E-state index is -0.145. The van der Waals surface area contributed by atoms with E-state index in [1.54, 1.807) is 6.07 Å². The van der Waals surface area contributed by atoms with E-state index < -0.39 is 0 Å². The van der Waals surface area contributed by atoms with Gasteiger partial charge in [-0.3, -0.25) is 0 Å². The summed E-state index contributed by atoms with van der Waals surface area (Å²) < 4.78 is 14.3. The van der Waals surface area contributed by atoms with Crippen LogP contribution in [0.1, 0.15) is 18.4 Å². The molecule has 1 heterocycles. The quantitative estimate of drug-likeness (QED) is 0.923. The zero-order valence-electron chi connectivity index (χ0n) is 10.0. The Morgan fingerprint density at radius 2 is 2.12 bits per heavy atom. The van der Waals surface area contributed by atoms with Crippen molar-refractivity contribution >= 4 is 15.9 Å². The summed E-state index contributed by atoms with van der Waals surface area (Å²) in [4.78, 5) is 2.33. The SMILES string of the molecule is CN1CCC(NCc2cccc(Br)c2F)CC1. The zero-order chi connectivity index (χ0) is 12.3. The van der Waals surface area contributed by atoms with E-state index in [9.17, 15) is 4.39 Å². The lowest BCUT2D eigenvalue weighted by atomic mass is 10.1. The molecule has 1 aromatic carbocycles. The van der Waals surface area contributed by atoms with Crippen molar-refractivity contribution < 1.29 is 4.39 Å². The normalized spacial score (nSPS) is 18.5. The average molecular weight is 301 g/mol. The van der Waals surface area contributed by atoms with Gasteiger partial charge >= 0.3 is 0 Å². The van der Waals surface area contributed by atoms with Crippen molar-refractivity contribution in [1.82, 2.24) is 10.2 Å². The molecular formula is C13H18BrFN2. The standard InChI is InChI=1S/C13H18BrFN2/c1-17-7-5-11(6-8-17)16-9-10-3-2-4-12(14)13(10)15/h2-4,11,16H,5-9H2,1H3. The highest BCUT2D eigenvalue weighted by Gasteiger charge is 2.16. The monoisotopic (exact) mass is 300 g/mol. The summed E-state index contributed by atoms with van der Waals surface area (Å²) in [6.07, 6.45) is 2.29. The Labute approximate surface area is 110 Å². The maximum Gasteiger partial charge on any atom is 0.141 e. The Morgan fingerprint density at radius 1 is 1.41 bits per heavy atom. The van der Waals surface area contributed by atoms with Crippen molar-refractivity contribution in [2.24, 2.45) is 0 Å². The Hall–Kier alpha value is -0.450. The predicted octanol–water partition coefficient (Wildman–Crippen LogP) is 2.77. The van der Waals surface area contributed by atoms with Crippen LogP contribution < -0.4 is 5.32 Å². The molecule has 0 spiro atoms. The van der Waals surface area contributed by atoms with E-state index in [2.05, 4.69) is 33.2 Å². The maximum absolute atomic E-state index is 13.7. The molecule has 2 rings (SSSR count). The summed E-state index contributed by atoms with van der Waals surface area (Å²) in [6.45, 7) is 2.86. The first kappa shape index (κ1) is 13.0. The van der Waals surface area contributed by atoms with E-state index in [-0.39, 0.29) is 5.82 Å². The van der Waals surface area contributed by atoms with Gasteiger partial charge in [-0.25, -0.2) is 4.39 Å². The highest BCUT2D eigenvalue weighted by atomic mass is 79.9. The molecule has 1 aliphatic rings. The first-order valence-electron chi connectivity index (χ1n) is 6.01. The van der Waals surface area contributed by atoms with Crippen molar-refractivity contribution in [3.8, 4) is 0 Å². The van der Waals surface area contributed by atoms with Gasteiger partial charge in [0.1, 0.15) is 5.82 Å². The smallest absolute Gasteiger partial charge is 0.141 e. The van der Waals surface area contributed by atoms with Crippen molar-refractivity contribution in [3.05, 3.63) is 34.1 Å². The van der Waals surface area contributed by atoms with Crippen LogP contribution in [0.5, 0.6) is 0 Å². The third-order valence-electron chi connectivity index (χ3n) is 3.33. The highest BCUT2D eigenvalue weighted by Crippen LogP contribution is 2.19. The number of piperidine rings is 1. The first-order chi connectivity index (χ1) is 8.16. The molecule has 0 amide bonds. The van der Waals surface area contributed by atoms with Crippen LogP contribution in [0, 0.1) is 5.82 Å². The number of hydrogen-bond donors (Lipinski definition) is 1. The van der Waals surface area contributed by atoms with Crippen LogP contribution in [-0.2, 0) is 6.54 Å². The average Bonchev–Trinajstić information content (AvgIpc) is 2.33. The molecule has 0 radical (unpaired) electrons. The fraction of sp³-hybridized carbons (Fsp3) is 0.538. The van der Waals surface area contributed by atoms with Gasteiger partial charge in [0.05, 0.1) is 4.47 Å². The van der Waals surface area contributed by atoms with E-state index in [1.165, 1.54) is 0 Å². The van der Waals surface area contributed by atoms with E-state index >= 15 is 0 Å². The fourth-order valence-corrected chi connectivity index (χ4v) is 2.56. The number of halogens is 2. The van der Waals surface area contributed by atoms with Crippen LogP contribution in [0.25, 0.3) is 0 Å². The number of hydrogen-bond acceptors (Lipinski definition) is 2. The largest absolute Gasteiger partial charge is 0.310 e. The van der Waals surface area contributed by atoms with Crippen molar-refractivity contribution in [2.75, 3.05) is 20.1 Å². The first-order valence-corrected chi connectivity index (χ1v) is 6.81. The van der Waals surface area contributed by atoms with Crippen molar-refractivity contribution in [1.29, 1.82) is 0 Å². The number of rotatable bonds is 3. The molecule has 1 aromatic rings. The second-order valence-electron chi connectivity index (χ2n) is 4.67. The summed E-state index contributed by atoms with van der Waals surface area (Å²) >= 11 is 3.21. The van der Waals surface area contributed by atoms with Crippen LogP contribution in [0.4, 0.5) is 4.39 Å². The summed E-state index contributed by atoms with van der Waals surface area (Å²) in [5, 5.41) is 3.44. The Kier molecular flexibility index (Phi) is 4.54. The lowest BCUT2D eigenvalue weighted by Crippen LogP contribution is -2.40. The molecule has 0 aromatic heterocycles. The summed E-state index contributed by atoms with van der Waals surface area (Å²) in [5.41, 5.74) is 0.735. The van der Waals surface area contributed by atoms with Crippen LogP contribution >= 0.6 is 15.9 Å². The van der Waals surface area contributed by atoms with Gasteiger partial charge in [0.15, 0.2) is 0 Å². The molecule has 0 aliphatic carbocycles. The Morgan fingerprint density at radius 3 is 2.82 bits per heavy atom. The second kappa shape index (κ2) is 5.94. The van der Waals surface area contributed by atoms with Gasteiger partial charge in [-0.15, -0.1) is 0 Å². The molecule has 4 heteroatoms. The molecular weight excluding hydrogens is 283 g/mol. The lowest BCUT2D eigenvalue weighted by molar-refractivity contribution is 0.233. The number of likely N-dealkylation sites (tertiary alicyclic amines) is 1. The van der Waals surface area contributed by atoms with Crippen LogP contribution in [0.15, 0.2) is 22.7 Å². The van der Waals surface area contributed by atoms with Crippen LogP contribution in [-0.4, -0.2) is 31.1 Å². The summed E-state index contributed by atoms with van der Waals surface area (Å²) in [6, 6.07) is 5.96. The predicted molar refractivity (Wildman–Crippen MR) is 71.5 cm³/mol. The maximum atomic E-state index is 13.7. The molecule has 94 valence electrons. The van der Waals surface area contributed by atoms with Crippen LogP contribution in [0.2, 0.25) is 0 Å². The number of nitrogens with zero attached hydrogens (tertiary/aromatic N) is 1. The second-order valence-corrected chi connectivity index (χ2v) is 5.53. The zero-order valence-corrected chi connectivity index (χ0v) is 11.6. The highest BCUT2D eigenvalue weighted by molar-refractivity contribution is 9.10. The minimum absolute atomic E-state index is 0.145. The van der Waals surface area contributed by atoms with Crippen molar-refractivity contribution in [2.45, 2.75) is 25.4 Å². The summed E-state index contributed by atoms with van der Waals surface area (Å²) in [7, 11) is 2.14.